The van der Waals surface area contributed by atoms with Crippen molar-refractivity contribution in [1.29, 1.82) is 0 Å². The Balaban J connectivity index is 2.52. The summed E-state index contributed by atoms with van der Waals surface area (Å²) in [5, 5.41) is 0. The van der Waals surface area contributed by atoms with Crippen LogP contribution in [0.15, 0.2) is 0 Å². The van der Waals surface area contributed by atoms with E-state index in [1.807, 2.05) is 0 Å². The fourth-order valence-corrected chi connectivity index (χ4v) is 2.42. The van der Waals surface area contributed by atoms with Gasteiger partial charge in [0.15, 0.2) is 0 Å². The minimum absolute atomic E-state index is 0.545. The van der Waals surface area contributed by atoms with Crippen LogP contribution in [0.4, 0.5) is 0 Å². The Morgan fingerprint density at radius 2 is 2.00 bits per heavy atom. The smallest absolute Gasteiger partial charge is 0.0716 e. The second-order valence-electron chi connectivity index (χ2n) is 5.48. The molecular formula is C12H24B. The lowest BCUT2D eigenvalue weighted by Crippen LogP contribution is -2.24. The number of rotatable bonds is 3. The number of hydrogen-bond acceptors (Lipinski definition) is 0. The molecule has 0 nitrogen and oxygen atoms in total. The first-order chi connectivity index (χ1) is 5.98. The van der Waals surface area contributed by atoms with Crippen LogP contribution in [-0.2, 0) is 0 Å². The topological polar surface area (TPSA) is 0 Å². The molecule has 1 radical (unpaired) electrons. The molecule has 0 aromatic carbocycles. The van der Waals surface area contributed by atoms with E-state index in [-0.39, 0.29) is 0 Å². The Hall–Kier alpha value is 0.0649. The van der Waals surface area contributed by atoms with Crippen LogP contribution in [0.5, 0.6) is 0 Å². The lowest BCUT2D eigenvalue weighted by atomic mass is 9.48. The zero-order valence-electron chi connectivity index (χ0n) is 9.93. The van der Waals surface area contributed by atoms with Crippen molar-refractivity contribution in [2.75, 3.05) is 0 Å². The van der Waals surface area contributed by atoms with E-state index in [1.54, 1.807) is 0 Å². The van der Waals surface area contributed by atoms with Crippen LogP contribution in [0.3, 0.4) is 0 Å². The summed E-state index contributed by atoms with van der Waals surface area (Å²) in [6.45, 7) is 11.9. The zero-order valence-corrected chi connectivity index (χ0v) is 9.93. The molecule has 1 aliphatic rings. The number of hydrogen-bond donors (Lipinski definition) is 0. The van der Waals surface area contributed by atoms with E-state index in [9.17, 15) is 0 Å². The molecule has 0 spiro atoms. The molecule has 1 fully saturated rings. The van der Waals surface area contributed by atoms with Crippen molar-refractivity contribution in [2.45, 2.75) is 65.5 Å². The third-order valence-electron chi connectivity index (χ3n) is 4.34. The van der Waals surface area contributed by atoms with E-state index in [1.165, 1.54) is 19.3 Å². The van der Waals surface area contributed by atoms with Gasteiger partial charge in [0, 0.05) is 0 Å². The molecule has 0 saturated heterocycles. The minimum Gasteiger partial charge on any atom is -0.0716 e. The van der Waals surface area contributed by atoms with Crippen LogP contribution < -0.4 is 0 Å². The lowest BCUT2D eigenvalue weighted by molar-refractivity contribution is 0.279. The third-order valence-corrected chi connectivity index (χ3v) is 4.34. The van der Waals surface area contributed by atoms with Gasteiger partial charge in [-0.05, 0) is 11.3 Å². The highest BCUT2D eigenvalue weighted by Gasteiger charge is 2.40. The summed E-state index contributed by atoms with van der Waals surface area (Å²) in [5.74, 6) is 2.56. The van der Waals surface area contributed by atoms with Gasteiger partial charge < -0.3 is 0 Å². The van der Waals surface area contributed by atoms with E-state index < -0.39 is 0 Å². The summed E-state index contributed by atoms with van der Waals surface area (Å²) in [6, 6.07) is 0. The Labute approximate surface area is 84.7 Å². The summed E-state index contributed by atoms with van der Waals surface area (Å²) in [4.78, 5) is 0. The highest BCUT2D eigenvalue weighted by molar-refractivity contribution is 6.39. The molecule has 0 aromatic heterocycles. The summed E-state index contributed by atoms with van der Waals surface area (Å²) in [7, 11) is 2.60. The summed E-state index contributed by atoms with van der Waals surface area (Å²) in [6.07, 6.45) is 4.13. The first-order valence-corrected chi connectivity index (χ1v) is 5.83. The van der Waals surface area contributed by atoms with Crippen LogP contribution in [0.25, 0.3) is 0 Å². The van der Waals surface area contributed by atoms with Crippen molar-refractivity contribution in [3.8, 4) is 0 Å². The van der Waals surface area contributed by atoms with Crippen LogP contribution in [0, 0.1) is 11.3 Å². The Bertz CT molecular complexity index is 163. The Kier molecular flexibility index (Phi) is 3.48. The van der Waals surface area contributed by atoms with Gasteiger partial charge in [-0.25, -0.2) is 0 Å². The Morgan fingerprint density at radius 3 is 2.38 bits per heavy atom. The standard InChI is InChI=1S/C12H24B/c1-6-10(3)13-11-8-7-9(2)12(11,4)5/h9-11H,6-8H2,1-5H3. The molecule has 1 aliphatic carbocycles. The van der Waals surface area contributed by atoms with Crippen LogP contribution in [0.2, 0.25) is 11.6 Å². The van der Waals surface area contributed by atoms with Crippen molar-refractivity contribution in [2.24, 2.45) is 11.3 Å². The molecule has 0 amide bonds. The molecule has 1 heteroatoms. The Morgan fingerprint density at radius 1 is 1.38 bits per heavy atom. The highest BCUT2D eigenvalue weighted by atomic mass is 14.4. The van der Waals surface area contributed by atoms with Crippen molar-refractivity contribution in [1.82, 2.24) is 0 Å². The van der Waals surface area contributed by atoms with Crippen molar-refractivity contribution in [3.05, 3.63) is 0 Å². The van der Waals surface area contributed by atoms with Crippen LogP contribution in [0.1, 0.15) is 53.9 Å². The van der Waals surface area contributed by atoms with E-state index in [0.717, 1.165) is 17.6 Å². The molecule has 0 bridgehead atoms. The molecule has 0 N–H and O–H groups in total. The average molecular weight is 179 g/mol. The van der Waals surface area contributed by atoms with E-state index in [0.29, 0.717) is 5.41 Å². The molecule has 0 heterocycles. The van der Waals surface area contributed by atoms with Gasteiger partial charge in [0.1, 0.15) is 7.28 Å². The van der Waals surface area contributed by atoms with Gasteiger partial charge in [-0.3, -0.25) is 0 Å². The first kappa shape index (κ1) is 11.1. The zero-order chi connectivity index (χ0) is 10.1. The molecule has 1 saturated carbocycles. The maximum absolute atomic E-state index is 2.60. The maximum atomic E-state index is 2.60. The SMILES string of the molecule is CCC(C)[B]C1CCC(C)C1(C)C. The predicted molar refractivity (Wildman–Crippen MR) is 61.4 cm³/mol. The fraction of sp³-hybridized carbons (Fsp3) is 1.00. The van der Waals surface area contributed by atoms with E-state index in [2.05, 4.69) is 41.9 Å². The summed E-state index contributed by atoms with van der Waals surface area (Å²) < 4.78 is 0. The van der Waals surface area contributed by atoms with Gasteiger partial charge in [-0.2, -0.15) is 0 Å². The summed E-state index contributed by atoms with van der Waals surface area (Å²) >= 11 is 0. The van der Waals surface area contributed by atoms with Crippen molar-refractivity contribution >= 4 is 7.28 Å². The fourth-order valence-electron chi connectivity index (χ4n) is 2.42. The first-order valence-electron chi connectivity index (χ1n) is 5.83. The lowest BCUT2D eigenvalue weighted by Gasteiger charge is -2.32. The van der Waals surface area contributed by atoms with Gasteiger partial charge >= 0.3 is 0 Å². The van der Waals surface area contributed by atoms with Gasteiger partial charge in [-0.15, -0.1) is 0 Å². The molecule has 0 aliphatic heterocycles. The predicted octanol–water partition coefficient (Wildman–Crippen LogP) is 4.15. The van der Waals surface area contributed by atoms with E-state index in [4.69, 9.17) is 0 Å². The maximum Gasteiger partial charge on any atom is 0.118 e. The highest BCUT2D eigenvalue weighted by Crippen LogP contribution is 2.51. The molecule has 13 heavy (non-hydrogen) atoms. The largest absolute Gasteiger partial charge is 0.118 e. The van der Waals surface area contributed by atoms with Crippen LogP contribution >= 0.6 is 0 Å². The van der Waals surface area contributed by atoms with Crippen molar-refractivity contribution < 1.29 is 0 Å². The molecular weight excluding hydrogens is 155 g/mol. The second kappa shape index (κ2) is 4.06. The second-order valence-corrected chi connectivity index (χ2v) is 5.48. The van der Waals surface area contributed by atoms with Gasteiger partial charge in [0.2, 0.25) is 0 Å². The average Bonchev–Trinajstić information content (AvgIpc) is 2.31. The molecule has 3 unspecified atom stereocenters. The quantitative estimate of drug-likeness (QED) is 0.571. The van der Waals surface area contributed by atoms with Gasteiger partial charge in [0.25, 0.3) is 0 Å². The molecule has 3 atom stereocenters. The summed E-state index contributed by atoms with van der Waals surface area (Å²) in [5.41, 5.74) is 0.545. The minimum atomic E-state index is 0.545. The van der Waals surface area contributed by atoms with E-state index >= 15 is 0 Å². The van der Waals surface area contributed by atoms with Crippen LogP contribution in [-0.4, -0.2) is 7.28 Å². The molecule has 75 valence electrons. The normalized spacial score (nSPS) is 34.5. The third kappa shape index (κ3) is 2.30. The molecule has 0 aromatic rings. The van der Waals surface area contributed by atoms with Gasteiger partial charge in [0.05, 0.1) is 0 Å². The monoisotopic (exact) mass is 179 g/mol. The molecule has 1 rings (SSSR count). The van der Waals surface area contributed by atoms with Crippen molar-refractivity contribution in [3.63, 3.8) is 0 Å². The van der Waals surface area contributed by atoms with Gasteiger partial charge in [-0.1, -0.05) is 65.5 Å².